The van der Waals surface area contributed by atoms with Crippen molar-refractivity contribution in [2.24, 2.45) is 0 Å². The zero-order valence-corrected chi connectivity index (χ0v) is 13.8. The van der Waals surface area contributed by atoms with Crippen LogP contribution in [0.25, 0.3) is 16.7 Å². The van der Waals surface area contributed by atoms with Crippen LogP contribution in [0.15, 0.2) is 48.5 Å². The topological polar surface area (TPSA) is 49.8 Å². The fourth-order valence-electron chi connectivity index (χ4n) is 2.52. The molecular formula is C19H21NO3. The summed E-state index contributed by atoms with van der Waals surface area (Å²) in [5.74, 6) is -0.195. The van der Waals surface area contributed by atoms with Crippen molar-refractivity contribution in [1.82, 2.24) is 0 Å². The molecule has 2 aromatic carbocycles. The van der Waals surface area contributed by atoms with E-state index in [1.54, 1.807) is 14.0 Å². The van der Waals surface area contributed by atoms with E-state index in [1.807, 2.05) is 61.5 Å². The molecule has 2 aromatic rings. The van der Waals surface area contributed by atoms with E-state index in [0.717, 1.165) is 28.1 Å². The number of allylic oxidation sites excluding steroid dienone is 1. The van der Waals surface area contributed by atoms with Crippen LogP contribution in [-0.2, 0) is 4.79 Å². The number of aliphatic carboxylic acids is 1. The van der Waals surface area contributed by atoms with Gasteiger partial charge >= 0.3 is 5.97 Å². The molecule has 0 saturated heterocycles. The number of para-hydroxylation sites is 1. The van der Waals surface area contributed by atoms with Gasteiger partial charge in [-0.15, -0.1) is 0 Å². The summed E-state index contributed by atoms with van der Waals surface area (Å²) in [6.45, 7) is 1.79. The molecule has 0 amide bonds. The lowest BCUT2D eigenvalue weighted by Gasteiger charge is -2.19. The lowest BCUT2D eigenvalue weighted by Crippen LogP contribution is -2.10. The van der Waals surface area contributed by atoms with E-state index in [-0.39, 0.29) is 0 Å². The van der Waals surface area contributed by atoms with E-state index in [9.17, 15) is 4.79 Å². The maximum Gasteiger partial charge on any atom is 0.328 e. The lowest BCUT2D eigenvalue weighted by molar-refractivity contribution is -0.131. The molecule has 0 aliphatic carbocycles. The predicted molar refractivity (Wildman–Crippen MR) is 94.0 cm³/mol. The van der Waals surface area contributed by atoms with E-state index in [4.69, 9.17) is 9.84 Å². The Hall–Kier alpha value is -2.75. The Morgan fingerprint density at radius 2 is 1.83 bits per heavy atom. The van der Waals surface area contributed by atoms with Gasteiger partial charge in [0.05, 0.1) is 7.11 Å². The highest BCUT2D eigenvalue weighted by Gasteiger charge is 2.13. The molecule has 120 valence electrons. The smallest absolute Gasteiger partial charge is 0.328 e. The van der Waals surface area contributed by atoms with Crippen LogP contribution in [0.5, 0.6) is 5.75 Å². The zero-order chi connectivity index (χ0) is 17.0. The minimum absolute atomic E-state index is 0.698. The summed E-state index contributed by atoms with van der Waals surface area (Å²) in [6.07, 6.45) is 1.21. The van der Waals surface area contributed by atoms with Crippen molar-refractivity contribution in [3.8, 4) is 16.9 Å². The summed E-state index contributed by atoms with van der Waals surface area (Å²) >= 11 is 0. The summed E-state index contributed by atoms with van der Waals surface area (Å²) in [6, 6.07) is 13.8. The third-order valence-electron chi connectivity index (χ3n) is 3.67. The van der Waals surface area contributed by atoms with Gasteiger partial charge in [-0.1, -0.05) is 24.3 Å². The quantitative estimate of drug-likeness (QED) is 0.850. The maximum atomic E-state index is 10.9. The Morgan fingerprint density at radius 3 is 2.43 bits per heavy atom. The summed E-state index contributed by atoms with van der Waals surface area (Å²) in [4.78, 5) is 12.9. The van der Waals surface area contributed by atoms with Gasteiger partial charge in [0.15, 0.2) is 0 Å². The number of methoxy groups -OCH3 is 1. The number of carboxylic acids is 1. The summed E-state index contributed by atoms with van der Waals surface area (Å²) in [5, 5.41) is 8.94. The van der Waals surface area contributed by atoms with Gasteiger partial charge < -0.3 is 14.7 Å². The zero-order valence-electron chi connectivity index (χ0n) is 13.8. The molecule has 1 N–H and O–H groups in total. The monoisotopic (exact) mass is 311 g/mol. The van der Waals surface area contributed by atoms with Crippen molar-refractivity contribution in [3.63, 3.8) is 0 Å². The second-order valence-corrected chi connectivity index (χ2v) is 5.49. The average Bonchev–Trinajstić information content (AvgIpc) is 2.53. The molecule has 0 bridgehead atoms. The molecule has 0 aromatic heterocycles. The number of rotatable bonds is 5. The number of carboxylic acid groups (broad SMARTS) is 1. The molecule has 0 aliphatic heterocycles. The number of hydrogen-bond donors (Lipinski definition) is 1. The third-order valence-corrected chi connectivity index (χ3v) is 3.67. The average molecular weight is 311 g/mol. The second kappa shape index (κ2) is 7.01. The first-order chi connectivity index (χ1) is 10.9. The molecule has 23 heavy (non-hydrogen) atoms. The molecule has 0 unspecified atom stereocenters. The molecule has 2 rings (SSSR count). The van der Waals surface area contributed by atoms with Crippen LogP contribution in [0, 0.1) is 0 Å². The summed E-state index contributed by atoms with van der Waals surface area (Å²) < 4.78 is 5.50. The van der Waals surface area contributed by atoms with Crippen molar-refractivity contribution >= 4 is 17.2 Å². The van der Waals surface area contributed by atoms with Gasteiger partial charge in [-0.05, 0) is 36.3 Å². The van der Waals surface area contributed by atoms with Gasteiger partial charge in [-0.3, -0.25) is 0 Å². The van der Waals surface area contributed by atoms with Crippen molar-refractivity contribution < 1.29 is 14.6 Å². The number of hydrogen-bond acceptors (Lipinski definition) is 3. The SMILES string of the molecule is COc1ccc(/C(C)=C/C(=O)O)cc1-c1ccccc1N(C)C. The highest BCUT2D eigenvalue weighted by Crippen LogP contribution is 2.37. The number of anilines is 1. The molecule has 0 spiro atoms. The third kappa shape index (κ3) is 3.72. The van der Waals surface area contributed by atoms with E-state index in [1.165, 1.54) is 6.08 Å². The summed E-state index contributed by atoms with van der Waals surface area (Å²) in [5.41, 5.74) is 4.61. The Kier molecular flexibility index (Phi) is 5.06. The van der Waals surface area contributed by atoms with Crippen LogP contribution in [0.2, 0.25) is 0 Å². The molecule has 0 saturated carbocycles. The lowest BCUT2D eigenvalue weighted by atomic mass is 9.97. The Balaban J connectivity index is 2.64. The molecule has 4 heteroatoms. The molecular weight excluding hydrogens is 290 g/mol. The molecule has 0 aliphatic rings. The Morgan fingerprint density at radius 1 is 1.13 bits per heavy atom. The normalized spacial score (nSPS) is 11.2. The molecule has 0 heterocycles. The standard InChI is InChI=1S/C19H21NO3/c1-13(11-19(21)22)14-9-10-18(23-4)16(12-14)15-7-5-6-8-17(15)20(2)3/h5-12H,1-4H3,(H,21,22)/b13-11+. The van der Waals surface area contributed by atoms with Gasteiger partial charge in [0.2, 0.25) is 0 Å². The van der Waals surface area contributed by atoms with E-state index < -0.39 is 5.97 Å². The van der Waals surface area contributed by atoms with Crippen LogP contribution >= 0.6 is 0 Å². The Bertz CT molecular complexity index is 748. The van der Waals surface area contributed by atoms with Crippen molar-refractivity contribution in [2.45, 2.75) is 6.92 Å². The van der Waals surface area contributed by atoms with E-state index >= 15 is 0 Å². The molecule has 0 atom stereocenters. The number of benzene rings is 2. The minimum atomic E-state index is -0.950. The van der Waals surface area contributed by atoms with Crippen LogP contribution < -0.4 is 9.64 Å². The Labute approximate surface area is 136 Å². The largest absolute Gasteiger partial charge is 0.496 e. The first-order valence-electron chi connectivity index (χ1n) is 7.30. The van der Waals surface area contributed by atoms with Gasteiger partial charge in [-0.25, -0.2) is 4.79 Å². The highest BCUT2D eigenvalue weighted by atomic mass is 16.5. The number of carbonyl (C=O) groups is 1. The van der Waals surface area contributed by atoms with Gasteiger partial charge in [0.1, 0.15) is 5.75 Å². The highest BCUT2D eigenvalue weighted by molar-refractivity contribution is 5.91. The number of nitrogens with zero attached hydrogens (tertiary/aromatic N) is 1. The van der Waals surface area contributed by atoms with Crippen LogP contribution in [0.3, 0.4) is 0 Å². The van der Waals surface area contributed by atoms with Gasteiger partial charge in [0, 0.05) is 37.0 Å². The fraction of sp³-hybridized carbons (Fsp3) is 0.211. The van der Waals surface area contributed by atoms with E-state index in [0.29, 0.717) is 5.57 Å². The maximum absolute atomic E-state index is 10.9. The van der Waals surface area contributed by atoms with Crippen LogP contribution in [0.1, 0.15) is 12.5 Å². The van der Waals surface area contributed by atoms with Crippen LogP contribution in [0.4, 0.5) is 5.69 Å². The van der Waals surface area contributed by atoms with Gasteiger partial charge in [0.25, 0.3) is 0 Å². The first kappa shape index (κ1) is 16.6. The number of ether oxygens (including phenoxy) is 1. The molecule has 4 nitrogen and oxygen atoms in total. The van der Waals surface area contributed by atoms with Crippen molar-refractivity contribution in [2.75, 3.05) is 26.1 Å². The van der Waals surface area contributed by atoms with Crippen molar-refractivity contribution in [3.05, 3.63) is 54.1 Å². The first-order valence-corrected chi connectivity index (χ1v) is 7.30. The molecule has 0 radical (unpaired) electrons. The summed E-state index contributed by atoms with van der Waals surface area (Å²) in [7, 11) is 5.62. The van der Waals surface area contributed by atoms with Crippen LogP contribution in [-0.4, -0.2) is 32.3 Å². The fourth-order valence-corrected chi connectivity index (χ4v) is 2.52. The minimum Gasteiger partial charge on any atom is -0.496 e. The predicted octanol–water partition coefficient (Wildman–Crippen LogP) is 3.92. The second-order valence-electron chi connectivity index (χ2n) is 5.49. The molecule has 0 fully saturated rings. The van der Waals surface area contributed by atoms with Crippen molar-refractivity contribution in [1.29, 1.82) is 0 Å². The van der Waals surface area contributed by atoms with E-state index in [2.05, 4.69) is 0 Å². The van der Waals surface area contributed by atoms with Gasteiger partial charge in [-0.2, -0.15) is 0 Å².